The molecule has 2 heterocycles. The predicted octanol–water partition coefficient (Wildman–Crippen LogP) is 1.50. The summed E-state index contributed by atoms with van der Waals surface area (Å²) < 4.78 is 0. The molecule has 0 bridgehead atoms. The number of amides is 2. The standard InChI is InChI=1S/C18H25N3O4/c1-13(15-5-3-8-19-11-15)18(25)20-9-4-6-16(7-10-20)21(14(2)22)12-17(23)24/h3,5,8,11,13,16H,4,6-7,9-10,12H2,1-2H3,(H,23,24)/t13-,16+/m0/s1. The molecule has 0 spiro atoms. The van der Waals surface area contributed by atoms with E-state index in [0.717, 1.165) is 12.0 Å². The molecular formula is C18H25N3O4. The van der Waals surface area contributed by atoms with Gasteiger partial charge in [0.25, 0.3) is 0 Å². The molecule has 0 saturated carbocycles. The average Bonchev–Trinajstić information content (AvgIpc) is 2.84. The van der Waals surface area contributed by atoms with Crippen LogP contribution in [-0.2, 0) is 14.4 Å². The minimum absolute atomic E-state index is 0.0428. The molecule has 1 saturated heterocycles. The summed E-state index contributed by atoms with van der Waals surface area (Å²) in [4.78, 5) is 42.8. The lowest BCUT2D eigenvalue weighted by molar-refractivity contribution is -0.145. The van der Waals surface area contributed by atoms with E-state index in [2.05, 4.69) is 4.98 Å². The first-order chi connectivity index (χ1) is 11.9. The number of aliphatic carboxylic acids is 1. The summed E-state index contributed by atoms with van der Waals surface area (Å²) in [6.45, 7) is 4.12. The molecule has 0 radical (unpaired) electrons. The number of nitrogens with zero attached hydrogens (tertiary/aromatic N) is 3. The van der Waals surface area contributed by atoms with Crippen molar-refractivity contribution in [2.45, 2.75) is 45.1 Å². The number of aromatic nitrogens is 1. The summed E-state index contributed by atoms with van der Waals surface area (Å²) in [6.07, 6.45) is 5.43. The molecule has 0 unspecified atom stereocenters. The van der Waals surface area contributed by atoms with Crippen LogP contribution in [0.4, 0.5) is 0 Å². The maximum absolute atomic E-state index is 12.8. The third-order valence-corrected chi connectivity index (χ3v) is 4.71. The van der Waals surface area contributed by atoms with Crippen LogP contribution >= 0.6 is 0 Å². The van der Waals surface area contributed by atoms with Crippen molar-refractivity contribution in [3.8, 4) is 0 Å². The van der Waals surface area contributed by atoms with Crippen LogP contribution in [0.1, 0.15) is 44.6 Å². The molecule has 0 aliphatic carbocycles. The largest absolute Gasteiger partial charge is 0.480 e. The number of pyridine rings is 1. The van der Waals surface area contributed by atoms with E-state index in [1.165, 1.54) is 11.8 Å². The summed E-state index contributed by atoms with van der Waals surface area (Å²) in [5.41, 5.74) is 0.879. The molecule has 136 valence electrons. The molecule has 25 heavy (non-hydrogen) atoms. The van der Waals surface area contributed by atoms with Crippen LogP contribution in [0.25, 0.3) is 0 Å². The van der Waals surface area contributed by atoms with E-state index in [0.29, 0.717) is 25.9 Å². The van der Waals surface area contributed by atoms with Gasteiger partial charge in [-0.3, -0.25) is 19.4 Å². The fraction of sp³-hybridized carbons (Fsp3) is 0.556. The van der Waals surface area contributed by atoms with E-state index in [4.69, 9.17) is 5.11 Å². The maximum atomic E-state index is 12.8. The lowest BCUT2D eigenvalue weighted by Gasteiger charge is -2.29. The van der Waals surface area contributed by atoms with Gasteiger partial charge in [-0.15, -0.1) is 0 Å². The lowest BCUT2D eigenvalue weighted by atomic mass is 10.0. The van der Waals surface area contributed by atoms with E-state index in [-0.39, 0.29) is 30.3 Å². The summed E-state index contributed by atoms with van der Waals surface area (Å²) in [6, 6.07) is 3.56. The quantitative estimate of drug-likeness (QED) is 0.872. The van der Waals surface area contributed by atoms with Gasteiger partial charge in [-0.1, -0.05) is 6.07 Å². The zero-order valence-electron chi connectivity index (χ0n) is 14.7. The Labute approximate surface area is 147 Å². The fourth-order valence-electron chi connectivity index (χ4n) is 3.30. The fourth-order valence-corrected chi connectivity index (χ4v) is 3.30. The van der Waals surface area contributed by atoms with Gasteiger partial charge in [0.2, 0.25) is 11.8 Å². The van der Waals surface area contributed by atoms with Gasteiger partial charge in [-0.25, -0.2) is 0 Å². The van der Waals surface area contributed by atoms with Gasteiger partial charge in [0.1, 0.15) is 6.54 Å². The highest BCUT2D eigenvalue weighted by Gasteiger charge is 2.29. The highest BCUT2D eigenvalue weighted by Crippen LogP contribution is 2.22. The third-order valence-electron chi connectivity index (χ3n) is 4.71. The molecule has 2 rings (SSSR count). The minimum atomic E-state index is -1.02. The smallest absolute Gasteiger partial charge is 0.323 e. The van der Waals surface area contributed by atoms with Gasteiger partial charge in [0, 0.05) is 38.4 Å². The Morgan fingerprint density at radius 3 is 2.72 bits per heavy atom. The molecule has 0 aromatic carbocycles. The second kappa shape index (κ2) is 8.60. The summed E-state index contributed by atoms with van der Waals surface area (Å²) in [5, 5.41) is 9.01. The van der Waals surface area contributed by atoms with Gasteiger partial charge in [-0.2, -0.15) is 0 Å². The molecule has 1 N–H and O–H groups in total. The molecule has 2 amide bonds. The number of carboxylic acids is 1. The van der Waals surface area contributed by atoms with Crippen LogP contribution in [0, 0.1) is 0 Å². The number of hydrogen-bond acceptors (Lipinski definition) is 4. The number of hydrogen-bond donors (Lipinski definition) is 1. The Kier molecular flexibility index (Phi) is 6.50. The van der Waals surface area contributed by atoms with Crippen molar-refractivity contribution in [1.29, 1.82) is 0 Å². The molecule has 1 aliphatic heterocycles. The Morgan fingerprint density at radius 1 is 1.36 bits per heavy atom. The monoisotopic (exact) mass is 347 g/mol. The van der Waals surface area contributed by atoms with Crippen molar-refractivity contribution in [2.24, 2.45) is 0 Å². The Morgan fingerprint density at radius 2 is 2.12 bits per heavy atom. The highest BCUT2D eigenvalue weighted by atomic mass is 16.4. The van der Waals surface area contributed by atoms with E-state index >= 15 is 0 Å². The SMILES string of the molecule is CC(=O)N(CC(=O)O)[C@@H]1CCCN(C(=O)[C@@H](C)c2cccnc2)CC1. The summed E-state index contributed by atoms with van der Waals surface area (Å²) >= 11 is 0. The Bertz CT molecular complexity index is 620. The number of rotatable bonds is 5. The molecule has 2 atom stereocenters. The molecule has 1 aliphatic rings. The van der Waals surface area contributed by atoms with Gasteiger partial charge in [0.05, 0.1) is 5.92 Å². The minimum Gasteiger partial charge on any atom is -0.480 e. The van der Waals surface area contributed by atoms with Gasteiger partial charge in [0.15, 0.2) is 0 Å². The lowest BCUT2D eigenvalue weighted by Crippen LogP contribution is -2.43. The topological polar surface area (TPSA) is 90.8 Å². The van der Waals surface area contributed by atoms with Crippen molar-refractivity contribution in [2.75, 3.05) is 19.6 Å². The normalized spacial score (nSPS) is 19.0. The summed E-state index contributed by atoms with van der Waals surface area (Å²) in [5.74, 6) is -1.48. The summed E-state index contributed by atoms with van der Waals surface area (Å²) in [7, 11) is 0. The molecule has 1 fully saturated rings. The van der Waals surface area contributed by atoms with Crippen molar-refractivity contribution in [1.82, 2.24) is 14.8 Å². The van der Waals surface area contributed by atoms with Crippen molar-refractivity contribution >= 4 is 17.8 Å². The van der Waals surface area contributed by atoms with Crippen molar-refractivity contribution in [3.63, 3.8) is 0 Å². The van der Waals surface area contributed by atoms with Crippen LogP contribution in [0.5, 0.6) is 0 Å². The Balaban J connectivity index is 2.01. The van der Waals surface area contributed by atoms with Gasteiger partial charge >= 0.3 is 5.97 Å². The molecule has 1 aromatic rings. The average molecular weight is 347 g/mol. The molecular weight excluding hydrogens is 322 g/mol. The number of carboxylic acid groups (broad SMARTS) is 1. The van der Waals surface area contributed by atoms with E-state index in [9.17, 15) is 14.4 Å². The van der Waals surface area contributed by atoms with Gasteiger partial charge < -0.3 is 14.9 Å². The third kappa shape index (κ3) is 5.01. The Hall–Kier alpha value is -2.44. The number of carbonyl (C=O) groups is 3. The predicted molar refractivity (Wildman–Crippen MR) is 91.9 cm³/mol. The number of likely N-dealkylation sites (tertiary alicyclic amines) is 1. The van der Waals surface area contributed by atoms with E-state index in [1.54, 1.807) is 12.4 Å². The van der Waals surface area contributed by atoms with Gasteiger partial charge in [-0.05, 0) is 37.8 Å². The van der Waals surface area contributed by atoms with Crippen molar-refractivity contribution < 1.29 is 19.5 Å². The van der Waals surface area contributed by atoms with Crippen LogP contribution in [0.3, 0.4) is 0 Å². The van der Waals surface area contributed by atoms with E-state index < -0.39 is 5.97 Å². The zero-order chi connectivity index (χ0) is 18.4. The molecule has 1 aromatic heterocycles. The second-order valence-corrected chi connectivity index (χ2v) is 6.46. The van der Waals surface area contributed by atoms with Crippen LogP contribution in [0.2, 0.25) is 0 Å². The number of carbonyl (C=O) groups excluding carboxylic acids is 2. The molecule has 7 nitrogen and oxygen atoms in total. The first-order valence-corrected chi connectivity index (χ1v) is 8.58. The first kappa shape index (κ1) is 18.9. The van der Waals surface area contributed by atoms with Crippen molar-refractivity contribution in [3.05, 3.63) is 30.1 Å². The van der Waals surface area contributed by atoms with E-state index in [1.807, 2.05) is 24.0 Å². The van der Waals surface area contributed by atoms with Crippen LogP contribution in [0.15, 0.2) is 24.5 Å². The van der Waals surface area contributed by atoms with Crippen LogP contribution < -0.4 is 0 Å². The second-order valence-electron chi connectivity index (χ2n) is 6.46. The van der Waals surface area contributed by atoms with Crippen LogP contribution in [-0.4, -0.2) is 63.4 Å². The highest BCUT2D eigenvalue weighted by molar-refractivity contribution is 5.83. The molecule has 7 heteroatoms. The maximum Gasteiger partial charge on any atom is 0.323 e. The zero-order valence-corrected chi connectivity index (χ0v) is 14.7. The first-order valence-electron chi connectivity index (χ1n) is 8.58.